The fourth-order valence-electron chi connectivity index (χ4n) is 1.75. The van der Waals surface area contributed by atoms with Gasteiger partial charge in [-0.15, -0.1) is 0 Å². The molecule has 96 valence electrons. The van der Waals surface area contributed by atoms with Gasteiger partial charge >= 0.3 is 0 Å². The maximum absolute atomic E-state index is 12.1. The molecule has 0 saturated heterocycles. The Bertz CT molecular complexity index is 650. The summed E-state index contributed by atoms with van der Waals surface area (Å²) in [5.74, 6) is 0. The molecule has 1 N–H and O–H groups in total. The molecule has 1 unspecified atom stereocenters. The van der Waals surface area contributed by atoms with Crippen molar-refractivity contribution in [2.75, 3.05) is 0 Å². The average Bonchev–Trinajstić information content (AvgIpc) is 2.37. The van der Waals surface area contributed by atoms with E-state index in [1.54, 1.807) is 12.1 Å². The van der Waals surface area contributed by atoms with E-state index in [0.29, 0.717) is 4.90 Å². The molecular formula is C14H17NO2S. The Morgan fingerprint density at radius 1 is 1.11 bits per heavy atom. The first-order valence-electron chi connectivity index (χ1n) is 6.04. The van der Waals surface area contributed by atoms with Crippen molar-refractivity contribution < 1.29 is 8.42 Å². The number of hydrogen-bond acceptors (Lipinski definition) is 2. The standard InChI is InChI=1S/C14H17NO2S/c1-3-11(2)15-18(16,17)14-9-8-12-6-4-5-7-13(12)10-14/h4-11,15H,3H2,1-2H3. The molecule has 0 aliphatic heterocycles. The van der Waals surface area contributed by atoms with Gasteiger partial charge in [0, 0.05) is 6.04 Å². The Morgan fingerprint density at radius 2 is 1.78 bits per heavy atom. The number of fused-ring (bicyclic) bond motifs is 1. The second-order valence-corrected chi connectivity index (χ2v) is 6.15. The quantitative estimate of drug-likeness (QED) is 0.922. The second kappa shape index (κ2) is 5.08. The van der Waals surface area contributed by atoms with E-state index in [4.69, 9.17) is 0 Å². The van der Waals surface area contributed by atoms with Crippen LogP contribution in [-0.2, 0) is 10.0 Å². The van der Waals surface area contributed by atoms with Crippen molar-refractivity contribution in [1.29, 1.82) is 0 Å². The van der Waals surface area contributed by atoms with E-state index >= 15 is 0 Å². The van der Waals surface area contributed by atoms with Gasteiger partial charge in [-0.3, -0.25) is 0 Å². The Morgan fingerprint density at radius 3 is 2.44 bits per heavy atom. The summed E-state index contributed by atoms with van der Waals surface area (Å²) in [6.45, 7) is 3.81. The summed E-state index contributed by atoms with van der Waals surface area (Å²) in [6.07, 6.45) is 0.771. The summed E-state index contributed by atoms with van der Waals surface area (Å²) >= 11 is 0. The highest BCUT2D eigenvalue weighted by Crippen LogP contribution is 2.19. The molecule has 2 aromatic rings. The minimum atomic E-state index is -3.41. The van der Waals surface area contributed by atoms with Gasteiger partial charge in [-0.2, -0.15) is 0 Å². The Kier molecular flexibility index (Phi) is 3.68. The molecular weight excluding hydrogens is 246 g/mol. The number of sulfonamides is 1. The van der Waals surface area contributed by atoms with E-state index in [0.717, 1.165) is 17.2 Å². The largest absolute Gasteiger partial charge is 0.240 e. The number of hydrogen-bond donors (Lipinski definition) is 1. The number of rotatable bonds is 4. The fourth-order valence-corrected chi connectivity index (χ4v) is 3.11. The molecule has 0 radical (unpaired) electrons. The molecule has 0 aromatic heterocycles. The fraction of sp³-hybridized carbons (Fsp3) is 0.286. The van der Waals surface area contributed by atoms with Crippen LogP contribution in [0.4, 0.5) is 0 Å². The first-order chi connectivity index (χ1) is 8.53. The van der Waals surface area contributed by atoms with Crippen molar-refractivity contribution in [2.24, 2.45) is 0 Å². The molecule has 0 bridgehead atoms. The van der Waals surface area contributed by atoms with Crippen molar-refractivity contribution in [1.82, 2.24) is 4.72 Å². The highest BCUT2D eigenvalue weighted by Gasteiger charge is 2.16. The van der Waals surface area contributed by atoms with E-state index < -0.39 is 10.0 Å². The summed E-state index contributed by atoms with van der Waals surface area (Å²) < 4.78 is 26.9. The lowest BCUT2D eigenvalue weighted by atomic mass is 10.1. The third-order valence-electron chi connectivity index (χ3n) is 3.00. The first kappa shape index (κ1) is 13.1. The van der Waals surface area contributed by atoms with Crippen LogP contribution in [0.2, 0.25) is 0 Å². The van der Waals surface area contributed by atoms with Crippen LogP contribution in [0.5, 0.6) is 0 Å². The van der Waals surface area contributed by atoms with Gasteiger partial charge in [0.25, 0.3) is 0 Å². The average molecular weight is 263 g/mol. The third-order valence-corrected chi connectivity index (χ3v) is 4.59. The van der Waals surface area contributed by atoms with Crippen molar-refractivity contribution >= 4 is 20.8 Å². The van der Waals surface area contributed by atoms with Gasteiger partial charge in [-0.05, 0) is 36.2 Å². The van der Waals surface area contributed by atoms with E-state index in [2.05, 4.69) is 4.72 Å². The summed E-state index contributed by atoms with van der Waals surface area (Å²) in [6, 6.07) is 12.9. The minimum absolute atomic E-state index is 0.0542. The maximum Gasteiger partial charge on any atom is 0.240 e. The van der Waals surface area contributed by atoms with Crippen LogP contribution >= 0.6 is 0 Å². The van der Waals surface area contributed by atoms with Crippen LogP contribution in [0.3, 0.4) is 0 Å². The molecule has 0 amide bonds. The number of nitrogens with one attached hydrogen (secondary N) is 1. The molecule has 0 heterocycles. The smallest absolute Gasteiger partial charge is 0.208 e. The lowest BCUT2D eigenvalue weighted by Crippen LogP contribution is -2.31. The highest BCUT2D eigenvalue weighted by molar-refractivity contribution is 7.89. The summed E-state index contributed by atoms with van der Waals surface area (Å²) in [5.41, 5.74) is 0. The minimum Gasteiger partial charge on any atom is -0.208 e. The highest BCUT2D eigenvalue weighted by atomic mass is 32.2. The van der Waals surface area contributed by atoms with Gasteiger partial charge in [-0.1, -0.05) is 37.3 Å². The lowest BCUT2D eigenvalue weighted by Gasteiger charge is -2.12. The molecule has 1 atom stereocenters. The maximum atomic E-state index is 12.1. The summed E-state index contributed by atoms with van der Waals surface area (Å²) in [4.78, 5) is 0.321. The Hall–Kier alpha value is -1.39. The molecule has 0 aliphatic carbocycles. The predicted octanol–water partition coefficient (Wildman–Crippen LogP) is 2.92. The van der Waals surface area contributed by atoms with E-state index in [1.165, 1.54) is 0 Å². The molecule has 4 heteroatoms. The van der Waals surface area contributed by atoms with Gasteiger partial charge in [0.15, 0.2) is 0 Å². The van der Waals surface area contributed by atoms with Gasteiger partial charge in [0.2, 0.25) is 10.0 Å². The molecule has 18 heavy (non-hydrogen) atoms. The molecule has 3 nitrogen and oxygen atoms in total. The van der Waals surface area contributed by atoms with Gasteiger partial charge < -0.3 is 0 Å². The zero-order valence-electron chi connectivity index (χ0n) is 10.6. The summed E-state index contributed by atoms with van der Waals surface area (Å²) in [5, 5.41) is 1.98. The van der Waals surface area contributed by atoms with Crippen molar-refractivity contribution in [3.05, 3.63) is 42.5 Å². The molecule has 0 saturated carbocycles. The van der Waals surface area contributed by atoms with Crippen LogP contribution in [0.15, 0.2) is 47.4 Å². The molecule has 0 aliphatic rings. The van der Waals surface area contributed by atoms with E-state index in [9.17, 15) is 8.42 Å². The van der Waals surface area contributed by atoms with Crippen LogP contribution in [0.1, 0.15) is 20.3 Å². The monoisotopic (exact) mass is 263 g/mol. The number of benzene rings is 2. The first-order valence-corrected chi connectivity index (χ1v) is 7.52. The molecule has 0 spiro atoms. The molecule has 2 rings (SSSR count). The SMILES string of the molecule is CCC(C)NS(=O)(=O)c1ccc2ccccc2c1. The van der Waals surface area contributed by atoms with Crippen LogP contribution in [0, 0.1) is 0 Å². The van der Waals surface area contributed by atoms with Crippen molar-refractivity contribution in [3.8, 4) is 0 Å². The van der Waals surface area contributed by atoms with E-state index in [-0.39, 0.29) is 6.04 Å². The van der Waals surface area contributed by atoms with Gasteiger partial charge in [0.05, 0.1) is 4.90 Å². The zero-order chi connectivity index (χ0) is 13.2. The molecule has 0 fully saturated rings. The second-order valence-electron chi connectivity index (χ2n) is 4.44. The zero-order valence-corrected chi connectivity index (χ0v) is 11.4. The topological polar surface area (TPSA) is 46.2 Å². The van der Waals surface area contributed by atoms with Crippen LogP contribution in [-0.4, -0.2) is 14.5 Å². The van der Waals surface area contributed by atoms with Crippen LogP contribution < -0.4 is 4.72 Å². The van der Waals surface area contributed by atoms with Crippen molar-refractivity contribution in [2.45, 2.75) is 31.2 Å². The van der Waals surface area contributed by atoms with Crippen LogP contribution in [0.25, 0.3) is 10.8 Å². The van der Waals surface area contributed by atoms with Gasteiger partial charge in [-0.25, -0.2) is 13.1 Å². The normalized spacial score (nSPS) is 13.7. The van der Waals surface area contributed by atoms with E-state index in [1.807, 2.05) is 44.2 Å². The summed E-state index contributed by atoms with van der Waals surface area (Å²) in [7, 11) is -3.41. The molecule has 2 aromatic carbocycles. The van der Waals surface area contributed by atoms with Crippen molar-refractivity contribution in [3.63, 3.8) is 0 Å². The van der Waals surface area contributed by atoms with Gasteiger partial charge in [0.1, 0.15) is 0 Å². The Balaban J connectivity index is 2.41. The lowest BCUT2D eigenvalue weighted by molar-refractivity contribution is 0.556. The predicted molar refractivity (Wildman–Crippen MR) is 74.0 cm³/mol. The third kappa shape index (κ3) is 2.71. The Labute approximate surface area is 108 Å².